The van der Waals surface area contributed by atoms with Gasteiger partial charge in [-0.2, -0.15) is 0 Å². The molecule has 1 aromatic carbocycles. The van der Waals surface area contributed by atoms with Crippen molar-refractivity contribution in [2.45, 2.75) is 25.8 Å². The molecule has 2 rings (SSSR count). The molecule has 0 aliphatic heterocycles. The lowest BCUT2D eigenvalue weighted by molar-refractivity contribution is -0.121. The Labute approximate surface area is 146 Å². The van der Waals surface area contributed by atoms with E-state index in [2.05, 4.69) is 5.32 Å². The molecular weight excluding hydrogens is 347 g/mol. The van der Waals surface area contributed by atoms with Crippen molar-refractivity contribution in [1.82, 2.24) is 5.32 Å². The number of amides is 1. The Kier molecular flexibility index (Phi) is 6.19. The molecule has 0 fully saturated rings. The number of sulfonamides is 1. The number of hydrogen-bond acceptors (Lipinski definition) is 4. The number of anilines is 1. The number of aryl methyl sites for hydroxylation is 1. The van der Waals surface area contributed by atoms with Crippen LogP contribution < -0.4 is 9.62 Å². The van der Waals surface area contributed by atoms with Gasteiger partial charge in [0.05, 0.1) is 18.2 Å². The standard InChI is InChI=1S/C17H21FN2O4S/c1-13(17(21)19-11-3-5-16-6-4-12-24-16)20(25(2,22)23)15-9-7-14(18)8-10-15/h4,6-10,12-13H,3,5,11H2,1-2H3,(H,19,21). The molecule has 1 aromatic heterocycles. The number of carbonyl (C=O) groups is 1. The van der Waals surface area contributed by atoms with Gasteiger partial charge in [0, 0.05) is 13.0 Å². The number of benzene rings is 1. The van der Waals surface area contributed by atoms with Gasteiger partial charge in [0.15, 0.2) is 0 Å². The molecule has 0 radical (unpaired) electrons. The molecule has 136 valence electrons. The fraction of sp³-hybridized carbons (Fsp3) is 0.353. The average Bonchev–Trinajstić information content (AvgIpc) is 3.05. The van der Waals surface area contributed by atoms with E-state index in [-0.39, 0.29) is 5.69 Å². The molecular formula is C17H21FN2O4S. The smallest absolute Gasteiger partial charge is 0.243 e. The normalized spacial score (nSPS) is 12.6. The number of furan rings is 1. The summed E-state index contributed by atoms with van der Waals surface area (Å²) in [5.41, 5.74) is 0.238. The van der Waals surface area contributed by atoms with Gasteiger partial charge in [-0.1, -0.05) is 0 Å². The average molecular weight is 368 g/mol. The predicted octanol–water partition coefficient (Wildman–Crippen LogP) is 2.32. The second-order valence-corrected chi connectivity index (χ2v) is 7.54. The number of nitrogens with zero attached hydrogens (tertiary/aromatic N) is 1. The molecule has 25 heavy (non-hydrogen) atoms. The Bertz CT molecular complexity index is 789. The van der Waals surface area contributed by atoms with E-state index in [1.165, 1.54) is 19.1 Å². The van der Waals surface area contributed by atoms with E-state index in [4.69, 9.17) is 4.42 Å². The Balaban J connectivity index is 1.99. The zero-order valence-corrected chi connectivity index (χ0v) is 14.9. The van der Waals surface area contributed by atoms with Gasteiger partial charge in [-0.05, 0) is 49.7 Å². The van der Waals surface area contributed by atoms with Gasteiger partial charge in [-0.15, -0.1) is 0 Å². The van der Waals surface area contributed by atoms with E-state index in [0.29, 0.717) is 19.4 Å². The van der Waals surface area contributed by atoms with Crippen molar-refractivity contribution < 1.29 is 22.0 Å². The van der Waals surface area contributed by atoms with Crippen LogP contribution in [0.4, 0.5) is 10.1 Å². The van der Waals surface area contributed by atoms with Crippen LogP contribution in [0.1, 0.15) is 19.1 Å². The predicted molar refractivity (Wildman–Crippen MR) is 93.2 cm³/mol. The minimum atomic E-state index is -3.71. The zero-order chi connectivity index (χ0) is 18.4. The summed E-state index contributed by atoms with van der Waals surface area (Å²) in [6.07, 6.45) is 3.94. The highest BCUT2D eigenvalue weighted by Gasteiger charge is 2.28. The summed E-state index contributed by atoms with van der Waals surface area (Å²) < 4.78 is 43.4. The Hall–Kier alpha value is -2.35. The molecule has 1 unspecified atom stereocenters. The number of halogens is 1. The highest BCUT2D eigenvalue weighted by atomic mass is 32.2. The van der Waals surface area contributed by atoms with E-state index in [1.807, 2.05) is 6.07 Å². The van der Waals surface area contributed by atoms with Gasteiger partial charge in [-0.3, -0.25) is 9.10 Å². The summed E-state index contributed by atoms with van der Waals surface area (Å²) in [4.78, 5) is 12.3. The van der Waals surface area contributed by atoms with Crippen molar-refractivity contribution >= 4 is 21.6 Å². The topological polar surface area (TPSA) is 79.6 Å². The summed E-state index contributed by atoms with van der Waals surface area (Å²) in [6, 6.07) is 7.66. The van der Waals surface area contributed by atoms with E-state index < -0.39 is 27.8 Å². The van der Waals surface area contributed by atoms with Crippen molar-refractivity contribution in [3.05, 3.63) is 54.2 Å². The van der Waals surface area contributed by atoms with Crippen LogP contribution in [0.15, 0.2) is 47.1 Å². The van der Waals surface area contributed by atoms with Crippen molar-refractivity contribution in [3.63, 3.8) is 0 Å². The van der Waals surface area contributed by atoms with Crippen LogP contribution >= 0.6 is 0 Å². The number of nitrogens with one attached hydrogen (secondary N) is 1. The molecule has 0 saturated heterocycles. The van der Waals surface area contributed by atoms with Gasteiger partial charge < -0.3 is 9.73 Å². The SMILES string of the molecule is CC(C(=O)NCCCc1ccco1)N(c1ccc(F)cc1)S(C)(=O)=O. The fourth-order valence-electron chi connectivity index (χ4n) is 2.47. The molecule has 1 N–H and O–H groups in total. The highest BCUT2D eigenvalue weighted by molar-refractivity contribution is 7.92. The van der Waals surface area contributed by atoms with Crippen molar-refractivity contribution in [3.8, 4) is 0 Å². The first-order valence-electron chi connectivity index (χ1n) is 7.84. The molecule has 1 heterocycles. The van der Waals surface area contributed by atoms with Crippen molar-refractivity contribution in [1.29, 1.82) is 0 Å². The lowest BCUT2D eigenvalue weighted by atomic mass is 10.2. The minimum absolute atomic E-state index is 0.238. The van der Waals surface area contributed by atoms with Crippen molar-refractivity contribution in [2.24, 2.45) is 0 Å². The van der Waals surface area contributed by atoms with Gasteiger partial charge in [0.25, 0.3) is 0 Å². The largest absolute Gasteiger partial charge is 0.469 e. The summed E-state index contributed by atoms with van der Waals surface area (Å²) in [5.74, 6) is -0.0761. The van der Waals surface area contributed by atoms with Gasteiger partial charge in [-0.25, -0.2) is 12.8 Å². The monoisotopic (exact) mass is 368 g/mol. The molecule has 0 bridgehead atoms. The van der Waals surface area contributed by atoms with Gasteiger partial charge >= 0.3 is 0 Å². The third-order valence-corrected chi connectivity index (χ3v) is 4.89. The molecule has 8 heteroatoms. The van der Waals surface area contributed by atoms with Crippen LogP contribution in [-0.2, 0) is 21.2 Å². The minimum Gasteiger partial charge on any atom is -0.469 e. The van der Waals surface area contributed by atoms with E-state index in [9.17, 15) is 17.6 Å². The Morgan fingerprint density at radius 1 is 1.28 bits per heavy atom. The van der Waals surface area contributed by atoms with E-state index in [1.54, 1.807) is 12.3 Å². The maximum Gasteiger partial charge on any atom is 0.243 e. The van der Waals surface area contributed by atoms with Crippen LogP contribution in [-0.4, -0.2) is 33.2 Å². The third kappa shape index (κ3) is 5.32. The molecule has 0 spiro atoms. The summed E-state index contributed by atoms with van der Waals surface area (Å²) >= 11 is 0. The van der Waals surface area contributed by atoms with Gasteiger partial charge in [0.1, 0.15) is 17.6 Å². The number of hydrogen-bond donors (Lipinski definition) is 1. The number of rotatable bonds is 8. The Morgan fingerprint density at radius 3 is 2.52 bits per heavy atom. The van der Waals surface area contributed by atoms with E-state index in [0.717, 1.165) is 28.5 Å². The molecule has 0 saturated carbocycles. The first-order chi connectivity index (χ1) is 11.8. The van der Waals surface area contributed by atoms with Crippen LogP contribution in [0.2, 0.25) is 0 Å². The fourth-order valence-corrected chi connectivity index (χ4v) is 3.65. The van der Waals surface area contributed by atoms with Crippen LogP contribution in [0.5, 0.6) is 0 Å². The highest BCUT2D eigenvalue weighted by Crippen LogP contribution is 2.21. The summed E-state index contributed by atoms with van der Waals surface area (Å²) in [7, 11) is -3.71. The van der Waals surface area contributed by atoms with Crippen LogP contribution in [0, 0.1) is 5.82 Å². The summed E-state index contributed by atoms with van der Waals surface area (Å²) in [5, 5.41) is 2.72. The Morgan fingerprint density at radius 2 is 1.96 bits per heavy atom. The molecule has 0 aliphatic carbocycles. The van der Waals surface area contributed by atoms with Gasteiger partial charge in [0.2, 0.25) is 15.9 Å². The summed E-state index contributed by atoms with van der Waals surface area (Å²) in [6.45, 7) is 1.89. The third-order valence-electron chi connectivity index (χ3n) is 3.65. The second-order valence-electron chi connectivity index (χ2n) is 5.69. The number of carbonyl (C=O) groups excluding carboxylic acids is 1. The lowest BCUT2D eigenvalue weighted by Crippen LogP contribution is -2.48. The maximum atomic E-state index is 13.1. The molecule has 2 aromatic rings. The molecule has 6 nitrogen and oxygen atoms in total. The molecule has 1 atom stereocenters. The first kappa shape index (κ1) is 19.0. The van der Waals surface area contributed by atoms with Crippen LogP contribution in [0.3, 0.4) is 0 Å². The van der Waals surface area contributed by atoms with E-state index >= 15 is 0 Å². The molecule has 0 aliphatic rings. The molecule has 1 amide bonds. The first-order valence-corrected chi connectivity index (χ1v) is 9.69. The second kappa shape index (κ2) is 8.15. The quantitative estimate of drug-likeness (QED) is 0.725. The van der Waals surface area contributed by atoms with Crippen LogP contribution in [0.25, 0.3) is 0 Å². The zero-order valence-electron chi connectivity index (χ0n) is 14.1. The lowest BCUT2D eigenvalue weighted by Gasteiger charge is -2.28. The maximum absolute atomic E-state index is 13.1. The van der Waals surface area contributed by atoms with Crippen molar-refractivity contribution in [2.75, 3.05) is 17.1 Å².